The fourth-order valence-electron chi connectivity index (χ4n) is 2.41. The Morgan fingerprint density at radius 1 is 1.11 bits per heavy atom. The van der Waals surface area contributed by atoms with Crippen molar-refractivity contribution < 1.29 is 32.9 Å². The van der Waals surface area contributed by atoms with Crippen molar-refractivity contribution >= 4 is 11.9 Å². The molecule has 7 nitrogen and oxygen atoms in total. The Kier molecular flexibility index (Phi) is 5.75. The van der Waals surface area contributed by atoms with Crippen LogP contribution in [0.4, 0.5) is 4.39 Å². The van der Waals surface area contributed by atoms with E-state index in [2.05, 4.69) is 5.32 Å². The van der Waals surface area contributed by atoms with Gasteiger partial charge in [0.1, 0.15) is 11.6 Å². The summed E-state index contributed by atoms with van der Waals surface area (Å²) in [7, 11) is 0. The van der Waals surface area contributed by atoms with Crippen molar-refractivity contribution in [2.24, 2.45) is 0 Å². The van der Waals surface area contributed by atoms with Gasteiger partial charge in [0, 0.05) is 0 Å². The van der Waals surface area contributed by atoms with Crippen molar-refractivity contribution in [3.05, 3.63) is 53.8 Å². The number of rotatable bonds is 7. The standard InChI is InChI=1S/C19H18FNO6/c1-12(13-2-7-16-17(8-13)27-11-26-16)21-18(22)9-25-19(23)10-24-15-5-3-14(20)4-6-15/h2-8,12H,9-11H2,1H3,(H,21,22)/t12-/m0/s1. The molecule has 1 aliphatic rings. The summed E-state index contributed by atoms with van der Waals surface area (Å²) in [5.41, 5.74) is 0.832. The maximum absolute atomic E-state index is 12.8. The number of amides is 1. The molecule has 0 bridgehead atoms. The number of hydrogen-bond acceptors (Lipinski definition) is 6. The average Bonchev–Trinajstić information content (AvgIpc) is 3.13. The molecule has 142 valence electrons. The van der Waals surface area contributed by atoms with Gasteiger partial charge < -0.3 is 24.3 Å². The average molecular weight is 375 g/mol. The molecule has 0 saturated heterocycles. The quantitative estimate of drug-likeness (QED) is 0.748. The molecule has 0 spiro atoms. The molecule has 1 N–H and O–H groups in total. The van der Waals surface area contributed by atoms with Gasteiger partial charge in [0.05, 0.1) is 6.04 Å². The van der Waals surface area contributed by atoms with E-state index in [9.17, 15) is 14.0 Å². The molecule has 3 rings (SSSR count). The van der Waals surface area contributed by atoms with Gasteiger partial charge in [0.15, 0.2) is 24.7 Å². The van der Waals surface area contributed by atoms with Crippen molar-refractivity contribution in [2.75, 3.05) is 20.0 Å². The molecule has 0 fully saturated rings. The van der Waals surface area contributed by atoms with Crippen LogP contribution in [-0.2, 0) is 14.3 Å². The van der Waals surface area contributed by atoms with Crippen LogP contribution in [0, 0.1) is 5.82 Å². The molecule has 0 radical (unpaired) electrons. The first-order valence-corrected chi connectivity index (χ1v) is 8.24. The minimum Gasteiger partial charge on any atom is -0.482 e. The smallest absolute Gasteiger partial charge is 0.344 e. The summed E-state index contributed by atoms with van der Waals surface area (Å²) >= 11 is 0. The van der Waals surface area contributed by atoms with E-state index in [-0.39, 0.29) is 19.4 Å². The van der Waals surface area contributed by atoms with Crippen LogP contribution in [0.1, 0.15) is 18.5 Å². The highest BCUT2D eigenvalue weighted by Crippen LogP contribution is 2.34. The lowest BCUT2D eigenvalue weighted by atomic mass is 10.1. The van der Waals surface area contributed by atoms with Gasteiger partial charge in [-0.2, -0.15) is 0 Å². The fourth-order valence-corrected chi connectivity index (χ4v) is 2.41. The maximum atomic E-state index is 12.8. The van der Waals surface area contributed by atoms with Gasteiger partial charge >= 0.3 is 5.97 Å². The van der Waals surface area contributed by atoms with Crippen LogP contribution in [0.2, 0.25) is 0 Å². The molecule has 0 aromatic heterocycles. The zero-order chi connectivity index (χ0) is 19.2. The second kappa shape index (κ2) is 8.39. The summed E-state index contributed by atoms with van der Waals surface area (Å²) in [5.74, 6) is 0.0539. The Hall–Kier alpha value is -3.29. The van der Waals surface area contributed by atoms with E-state index in [1.165, 1.54) is 24.3 Å². The SMILES string of the molecule is C[C@H](NC(=O)COC(=O)COc1ccc(F)cc1)c1ccc2c(c1)OCO2. The molecule has 1 aliphatic heterocycles. The van der Waals surface area contributed by atoms with Gasteiger partial charge in [-0.05, 0) is 48.9 Å². The number of fused-ring (bicyclic) bond motifs is 1. The minimum absolute atomic E-state index is 0.176. The summed E-state index contributed by atoms with van der Waals surface area (Å²) < 4.78 is 33.3. The number of benzene rings is 2. The van der Waals surface area contributed by atoms with Gasteiger partial charge in [-0.15, -0.1) is 0 Å². The van der Waals surface area contributed by atoms with Crippen LogP contribution in [0.15, 0.2) is 42.5 Å². The van der Waals surface area contributed by atoms with E-state index >= 15 is 0 Å². The molecular formula is C19H18FNO6. The summed E-state index contributed by atoms with van der Waals surface area (Å²) in [6.45, 7) is 1.17. The molecular weight excluding hydrogens is 357 g/mol. The highest BCUT2D eigenvalue weighted by atomic mass is 19.1. The first-order chi connectivity index (χ1) is 13.0. The highest BCUT2D eigenvalue weighted by molar-refractivity contribution is 5.81. The largest absolute Gasteiger partial charge is 0.482 e. The van der Waals surface area contributed by atoms with Crippen LogP contribution in [0.3, 0.4) is 0 Å². The number of carbonyl (C=O) groups excluding carboxylic acids is 2. The Balaban J connectivity index is 1.41. The predicted octanol–water partition coefficient (Wildman–Crippen LogP) is 2.35. The molecule has 0 saturated carbocycles. The normalized spacial score (nSPS) is 13.0. The molecule has 2 aromatic carbocycles. The number of halogens is 1. The molecule has 27 heavy (non-hydrogen) atoms. The van der Waals surface area contributed by atoms with E-state index in [4.69, 9.17) is 18.9 Å². The molecule has 1 heterocycles. The lowest BCUT2D eigenvalue weighted by molar-refractivity contribution is -0.150. The van der Waals surface area contributed by atoms with Gasteiger partial charge in [-0.25, -0.2) is 9.18 Å². The second-order valence-electron chi connectivity index (χ2n) is 5.81. The van der Waals surface area contributed by atoms with E-state index < -0.39 is 24.3 Å². The van der Waals surface area contributed by atoms with E-state index in [1.54, 1.807) is 19.1 Å². The maximum Gasteiger partial charge on any atom is 0.344 e. The number of nitrogens with one attached hydrogen (secondary N) is 1. The van der Waals surface area contributed by atoms with Crippen molar-refractivity contribution in [1.82, 2.24) is 5.32 Å². The Morgan fingerprint density at radius 3 is 2.63 bits per heavy atom. The van der Waals surface area contributed by atoms with E-state index in [0.29, 0.717) is 17.2 Å². The number of esters is 1. The third-order valence-corrected chi connectivity index (χ3v) is 3.81. The zero-order valence-electron chi connectivity index (χ0n) is 14.6. The van der Waals surface area contributed by atoms with Crippen LogP contribution in [-0.4, -0.2) is 31.9 Å². The highest BCUT2D eigenvalue weighted by Gasteiger charge is 2.17. The van der Waals surface area contributed by atoms with E-state index in [1.807, 2.05) is 6.07 Å². The summed E-state index contributed by atoms with van der Waals surface area (Å²) in [5, 5.41) is 2.73. The van der Waals surface area contributed by atoms with Crippen LogP contribution >= 0.6 is 0 Å². The zero-order valence-corrected chi connectivity index (χ0v) is 14.6. The lowest BCUT2D eigenvalue weighted by Gasteiger charge is -2.15. The minimum atomic E-state index is -0.704. The Labute approximate surface area is 155 Å². The second-order valence-corrected chi connectivity index (χ2v) is 5.81. The topological polar surface area (TPSA) is 83.1 Å². The van der Waals surface area contributed by atoms with Crippen LogP contribution in [0.5, 0.6) is 17.2 Å². The number of ether oxygens (including phenoxy) is 4. The van der Waals surface area contributed by atoms with Crippen molar-refractivity contribution in [1.29, 1.82) is 0 Å². The van der Waals surface area contributed by atoms with Gasteiger partial charge in [-0.1, -0.05) is 6.07 Å². The monoisotopic (exact) mass is 375 g/mol. The van der Waals surface area contributed by atoms with Gasteiger partial charge in [0.2, 0.25) is 6.79 Å². The van der Waals surface area contributed by atoms with Gasteiger partial charge in [0.25, 0.3) is 5.91 Å². The number of hydrogen-bond donors (Lipinski definition) is 1. The first kappa shape index (κ1) is 18.5. The van der Waals surface area contributed by atoms with Crippen LogP contribution in [0.25, 0.3) is 0 Å². The molecule has 2 aromatic rings. The van der Waals surface area contributed by atoms with Crippen molar-refractivity contribution in [2.45, 2.75) is 13.0 Å². The third kappa shape index (κ3) is 5.10. The Bertz CT molecular complexity index is 823. The molecule has 0 unspecified atom stereocenters. The third-order valence-electron chi connectivity index (χ3n) is 3.81. The summed E-state index contributed by atoms with van der Waals surface area (Å²) in [4.78, 5) is 23.6. The molecule has 0 aliphatic carbocycles. The van der Waals surface area contributed by atoms with Crippen molar-refractivity contribution in [3.8, 4) is 17.2 Å². The van der Waals surface area contributed by atoms with E-state index in [0.717, 1.165) is 5.56 Å². The predicted molar refractivity (Wildman–Crippen MR) is 92.0 cm³/mol. The first-order valence-electron chi connectivity index (χ1n) is 8.24. The molecule has 8 heteroatoms. The number of carbonyl (C=O) groups is 2. The van der Waals surface area contributed by atoms with Crippen LogP contribution < -0.4 is 19.5 Å². The Morgan fingerprint density at radius 2 is 1.85 bits per heavy atom. The fraction of sp³-hybridized carbons (Fsp3) is 0.263. The molecule has 1 atom stereocenters. The summed E-state index contributed by atoms with van der Waals surface area (Å²) in [6, 6.07) is 10.3. The van der Waals surface area contributed by atoms with Gasteiger partial charge in [-0.3, -0.25) is 4.79 Å². The lowest BCUT2D eigenvalue weighted by Crippen LogP contribution is -2.31. The van der Waals surface area contributed by atoms with Crippen molar-refractivity contribution in [3.63, 3.8) is 0 Å². The molecule has 1 amide bonds. The summed E-state index contributed by atoms with van der Waals surface area (Å²) in [6.07, 6.45) is 0.